The van der Waals surface area contributed by atoms with E-state index in [2.05, 4.69) is 15.9 Å². The monoisotopic (exact) mass is 264 g/mol. The van der Waals surface area contributed by atoms with E-state index in [0.717, 1.165) is 18.3 Å². The first-order chi connectivity index (χ1) is 6.25. The Bertz CT molecular complexity index is 314. The maximum absolute atomic E-state index is 13.5. The normalized spacial score (nSPS) is 13.0. The first-order valence-electron chi connectivity index (χ1n) is 4.11. The molecule has 0 fully saturated rings. The van der Waals surface area contributed by atoms with Crippen molar-refractivity contribution in [1.29, 1.82) is 0 Å². The van der Waals surface area contributed by atoms with Gasteiger partial charge in [0.25, 0.3) is 0 Å². The fourth-order valence-electron chi connectivity index (χ4n) is 1.01. The Morgan fingerprint density at radius 2 is 1.57 bits per heavy atom. The minimum Gasteiger partial charge on any atom is -0.384 e. The molecule has 78 valence electrons. The van der Waals surface area contributed by atoms with Gasteiger partial charge in [-0.15, -0.1) is 0 Å². The third kappa shape index (κ3) is 2.12. The van der Waals surface area contributed by atoms with Gasteiger partial charge in [0, 0.05) is 10.0 Å². The predicted octanol–water partition coefficient (Wildman–Crippen LogP) is 3.31. The topological polar surface area (TPSA) is 20.2 Å². The summed E-state index contributed by atoms with van der Waals surface area (Å²) < 4.78 is 27.8. The van der Waals surface area contributed by atoms with Crippen molar-refractivity contribution < 1.29 is 13.9 Å². The Morgan fingerprint density at radius 3 is 1.93 bits per heavy atom. The highest BCUT2D eigenvalue weighted by atomic mass is 79.9. The third-order valence-electron chi connectivity index (χ3n) is 1.98. The van der Waals surface area contributed by atoms with E-state index in [4.69, 9.17) is 0 Å². The molecule has 0 saturated carbocycles. The molecule has 1 aromatic rings. The summed E-state index contributed by atoms with van der Waals surface area (Å²) in [5.41, 5.74) is -2.24. The van der Waals surface area contributed by atoms with Crippen LogP contribution < -0.4 is 0 Å². The third-order valence-corrected chi connectivity index (χ3v) is 2.50. The van der Waals surface area contributed by atoms with E-state index in [1.165, 1.54) is 24.3 Å². The van der Waals surface area contributed by atoms with Crippen LogP contribution in [0, 0.1) is 0 Å². The molecule has 4 heteroatoms. The Kier molecular flexibility index (Phi) is 2.97. The van der Waals surface area contributed by atoms with E-state index >= 15 is 0 Å². The van der Waals surface area contributed by atoms with Gasteiger partial charge in [-0.25, -0.2) is 0 Å². The summed E-state index contributed by atoms with van der Waals surface area (Å²) in [5, 5.41) is 9.31. The predicted molar refractivity (Wildman–Crippen MR) is 54.3 cm³/mol. The highest BCUT2D eigenvalue weighted by Gasteiger charge is 2.46. The Labute approximate surface area is 89.9 Å². The molecule has 0 unspecified atom stereocenters. The summed E-state index contributed by atoms with van der Waals surface area (Å²) in [4.78, 5) is 0. The highest BCUT2D eigenvalue weighted by molar-refractivity contribution is 9.10. The summed E-state index contributed by atoms with van der Waals surface area (Å²) in [7, 11) is 0. The second-order valence-corrected chi connectivity index (χ2v) is 4.56. The molecular weight excluding hydrogens is 254 g/mol. The molecule has 0 aliphatic rings. The van der Waals surface area contributed by atoms with Crippen LogP contribution in [0.25, 0.3) is 0 Å². The van der Waals surface area contributed by atoms with Crippen molar-refractivity contribution in [2.24, 2.45) is 0 Å². The number of halogens is 3. The van der Waals surface area contributed by atoms with E-state index < -0.39 is 11.5 Å². The number of aliphatic hydroxyl groups is 1. The fraction of sp³-hybridized carbons (Fsp3) is 0.400. The molecule has 1 nitrogen and oxygen atoms in total. The van der Waals surface area contributed by atoms with Gasteiger partial charge in [0.2, 0.25) is 0 Å². The van der Waals surface area contributed by atoms with Crippen LogP contribution in [-0.4, -0.2) is 10.7 Å². The summed E-state index contributed by atoms with van der Waals surface area (Å²) in [6.45, 7) is 2.18. The van der Waals surface area contributed by atoms with E-state index in [-0.39, 0.29) is 5.56 Å². The Hall–Kier alpha value is -0.480. The maximum Gasteiger partial charge on any atom is 0.300 e. The average molecular weight is 265 g/mol. The average Bonchev–Trinajstić information content (AvgIpc) is 2.03. The molecular formula is C10H11BrF2O. The molecule has 0 aliphatic carbocycles. The van der Waals surface area contributed by atoms with Gasteiger partial charge in [-0.3, -0.25) is 0 Å². The quantitative estimate of drug-likeness (QED) is 0.869. The van der Waals surface area contributed by atoms with E-state index in [9.17, 15) is 13.9 Å². The molecule has 0 amide bonds. The number of alkyl halides is 2. The lowest BCUT2D eigenvalue weighted by atomic mass is 9.94. The van der Waals surface area contributed by atoms with Gasteiger partial charge in [0.1, 0.15) is 5.60 Å². The van der Waals surface area contributed by atoms with Crippen LogP contribution in [0.4, 0.5) is 8.78 Å². The molecule has 0 radical (unpaired) electrons. The van der Waals surface area contributed by atoms with Crippen LogP contribution in [0.2, 0.25) is 0 Å². The SMILES string of the molecule is CC(C)(O)C(F)(F)c1ccc(Br)cc1. The van der Waals surface area contributed by atoms with Crippen LogP contribution in [0.3, 0.4) is 0 Å². The van der Waals surface area contributed by atoms with Crippen molar-refractivity contribution in [3.8, 4) is 0 Å². The maximum atomic E-state index is 13.5. The lowest BCUT2D eigenvalue weighted by Gasteiger charge is -2.29. The molecule has 0 saturated heterocycles. The van der Waals surface area contributed by atoms with Crippen molar-refractivity contribution >= 4 is 15.9 Å². The summed E-state index contributed by atoms with van der Waals surface area (Å²) in [5.74, 6) is -3.24. The van der Waals surface area contributed by atoms with Crippen LogP contribution in [0.5, 0.6) is 0 Å². The summed E-state index contributed by atoms with van der Waals surface area (Å²) >= 11 is 3.16. The van der Waals surface area contributed by atoms with Gasteiger partial charge in [-0.05, 0) is 26.0 Å². The molecule has 0 bridgehead atoms. The molecule has 0 aliphatic heterocycles. The van der Waals surface area contributed by atoms with Crippen LogP contribution >= 0.6 is 15.9 Å². The largest absolute Gasteiger partial charge is 0.384 e. The molecule has 1 N–H and O–H groups in total. The molecule has 0 heterocycles. The first-order valence-corrected chi connectivity index (χ1v) is 4.90. The van der Waals surface area contributed by atoms with E-state index in [0.29, 0.717) is 0 Å². The van der Waals surface area contributed by atoms with Crippen molar-refractivity contribution in [2.45, 2.75) is 25.4 Å². The standard InChI is InChI=1S/C10H11BrF2O/c1-9(2,14)10(12,13)7-3-5-8(11)6-4-7/h3-6,14H,1-2H3. The number of benzene rings is 1. The number of rotatable bonds is 2. The summed E-state index contributed by atoms with van der Waals surface area (Å²) in [6.07, 6.45) is 0. The van der Waals surface area contributed by atoms with Crippen molar-refractivity contribution in [1.82, 2.24) is 0 Å². The smallest absolute Gasteiger partial charge is 0.300 e. The van der Waals surface area contributed by atoms with E-state index in [1.54, 1.807) is 0 Å². The highest BCUT2D eigenvalue weighted by Crippen LogP contribution is 2.38. The lowest BCUT2D eigenvalue weighted by Crippen LogP contribution is -2.40. The van der Waals surface area contributed by atoms with Crippen LogP contribution in [0.15, 0.2) is 28.7 Å². The fourth-order valence-corrected chi connectivity index (χ4v) is 1.28. The Balaban J connectivity index is 3.10. The molecule has 0 atom stereocenters. The van der Waals surface area contributed by atoms with Gasteiger partial charge < -0.3 is 5.11 Å². The zero-order valence-corrected chi connectivity index (χ0v) is 9.48. The van der Waals surface area contributed by atoms with Crippen molar-refractivity contribution in [3.63, 3.8) is 0 Å². The van der Waals surface area contributed by atoms with Gasteiger partial charge in [-0.1, -0.05) is 28.1 Å². The van der Waals surface area contributed by atoms with Gasteiger partial charge in [0.05, 0.1) is 0 Å². The second kappa shape index (κ2) is 3.59. The zero-order valence-electron chi connectivity index (χ0n) is 7.89. The van der Waals surface area contributed by atoms with E-state index in [1.807, 2.05) is 0 Å². The van der Waals surface area contributed by atoms with Crippen molar-refractivity contribution in [2.75, 3.05) is 0 Å². The Morgan fingerprint density at radius 1 is 1.14 bits per heavy atom. The van der Waals surface area contributed by atoms with Crippen molar-refractivity contribution in [3.05, 3.63) is 34.3 Å². The zero-order chi connectivity index (χ0) is 11.0. The number of hydrogen-bond donors (Lipinski definition) is 1. The van der Waals surface area contributed by atoms with Gasteiger partial charge >= 0.3 is 5.92 Å². The minimum atomic E-state index is -3.24. The van der Waals surface area contributed by atoms with Crippen LogP contribution in [-0.2, 0) is 5.92 Å². The van der Waals surface area contributed by atoms with Gasteiger partial charge in [0.15, 0.2) is 0 Å². The lowest BCUT2D eigenvalue weighted by molar-refractivity contribution is -0.168. The first kappa shape index (κ1) is 11.6. The number of hydrogen-bond acceptors (Lipinski definition) is 1. The molecule has 0 aromatic heterocycles. The molecule has 1 rings (SSSR count). The van der Waals surface area contributed by atoms with Gasteiger partial charge in [-0.2, -0.15) is 8.78 Å². The molecule has 1 aromatic carbocycles. The van der Waals surface area contributed by atoms with Crippen LogP contribution in [0.1, 0.15) is 19.4 Å². The minimum absolute atomic E-state index is 0.187. The second-order valence-electron chi connectivity index (χ2n) is 3.64. The summed E-state index contributed by atoms with van der Waals surface area (Å²) in [6, 6.07) is 5.63. The molecule has 0 spiro atoms. The molecule has 14 heavy (non-hydrogen) atoms.